The van der Waals surface area contributed by atoms with Crippen molar-refractivity contribution in [1.82, 2.24) is 0 Å². The molecule has 0 saturated carbocycles. The molecule has 0 radical (unpaired) electrons. The molecule has 0 aliphatic carbocycles. The predicted molar refractivity (Wildman–Crippen MR) is 126 cm³/mol. The molecule has 0 heterocycles. The summed E-state index contributed by atoms with van der Waals surface area (Å²) in [6.07, 6.45) is 1.22. The van der Waals surface area contributed by atoms with E-state index in [0.29, 0.717) is 10.7 Å². The van der Waals surface area contributed by atoms with Crippen LogP contribution in [0.25, 0.3) is 6.08 Å². The molecule has 3 aromatic rings. The number of hydrogen-bond donors (Lipinski definition) is 1. The number of benzene rings is 3. The Morgan fingerprint density at radius 3 is 2.42 bits per heavy atom. The molecule has 0 aromatic heterocycles. The molecular weight excluding hydrogens is 464 g/mol. The van der Waals surface area contributed by atoms with Gasteiger partial charge in [-0.1, -0.05) is 47.5 Å². The lowest BCUT2D eigenvalue weighted by Crippen LogP contribution is -2.14. The smallest absolute Gasteiger partial charge is 0.339 e. The van der Waals surface area contributed by atoms with Crippen molar-refractivity contribution in [1.29, 1.82) is 5.26 Å². The van der Waals surface area contributed by atoms with Crippen molar-refractivity contribution in [2.45, 2.75) is 11.8 Å². The molecule has 1 amide bonds. The second-order valence-corrected chi connectivity index (χ2v) is 8.85. The first-order chi connectivity index (χ1) is 15.7. The lowest BCUT2D eigenvalue weighted by Gasteiger charge is -2.14. The Balaban J connectivity index is 1.99. The normalized spacial score (nSPS) is 11.4. The van der Waals surface area contributed by atoms with Crippen LogP contribution in [0.4, 0.5) is 5.69 Å². The largest absolute Gasteiger partial charge is 0.493 e. The van der Waals surface area contributed by atoms with E-state index in [9.17, 15) is 18.5 Å². The molecule has 3 aromatic carbocycles. The Bertz CT molecular complexity index is 1360. The van der Waals surface area contributed by atoms with Crippen LogP contribution in [0, 0.1) is 18.3 Å². The first-order valence-corrected chi connectivity index (χ1v) is 11.4. The van der Waals surface area contributed by atoms with E-state index in [1.54, 1.807) is 36.4 Å². The summed E-state index contributed by atoms with van der Waals surface area (Å²) in [5.74, 6) is -0.731. The number of para-hydroxylation sites is 1. The summed E-state index contributed by atoms with van der Waals surface area (Å²) in [7, 11) is -2.86. The lowest BCUT2D eigenvalue weighted by atomic mass is 10.1. The molecule has 0 unspecified atom stereocenters. The third-order valence-corrected chi connectivity index (χ3v) is 5.95. The molecule has 1 N–H and O–H groups in total. The molecule has 9 heteroatoms. The number of hydrogen-bond acceptors (Lipinski definition) is 6. The van der Waals surface area contributed by atoms with Gasteiger partial charge in [0.2, 0.25) is 0 Å². The van der Waals surface area contributed by atoms with Crippen molar-refractivity contribution < 1.29 is 22.1 Å². The average molecular weight is 483 g/mol. The zero-order chi connectivity index (χ0) is 24.0. The van der Waals surface area contributed by atoms with Crippen molar-refractivity contribution in [3.05, 3.63) is 88.5 Å². The average Bonchev–Trinajstić information content (AvgIpc) is 2.78. The van der Waals surface area contributed by atoms with Gasteiger partial charge >= 0.3 is 10.1 Å². The van der Waals surface area contributed by atoms with Crippen LogP contribution in [-0.4, -0.2) is 21.4 Å². The molecule has 0 aliphatic rings. The van der Waals surface area contributed by atoms with E-state index in [1.807, 2.05) is 13.0 Å². The van der Waals surface area contributed by atoms with Crippen LogP contribution in [-0.2, 0) is 14.9 Å². The molecule has 0 fully saturated rings. The first-order valence-electron chi connectivity index (χ1n) is 9.60. The highest BCUT2D eigenvalue weighted by molar-refractivity contribution is 7.87. The fraction of sp³-hybridized carbons (Fsp3) is 0.0833. The van der Waals surface area contributed by atoms with Gasteiger partial charge < -0.3 is 14.2 Å². The van der Waals surface area contributed by atoms with Gasteiger partial charge in [-0.05, 0) is 49.4 Å². The van der Waals surface area contributed by atoms with Gasteiger partial charge in [0.1, 0.15) is 16.5 Å². The number of ether oxygens (including phenoxy) is 1. The minimum absolute atomic E-state index is 0.0480. The van der Waals surface area contributed by atoms with Crippen LogP contribution in [0.2, 0.25) is 5.02 Å². The van der Waals surface area contributed by atoms with E-state index < -0.39 is 16.0 Å². The van der Waals surface area contributed by atoms with Gasteiger partial charge in [-0.3, -0.25) is 4.79 Å². The van der Waals surface area contributed by atoms with Crippen LogP contribution >= 0.6 is 11.6 Å². The minimum atomic E-state index is -4.21. The summed E-state index contributed by atoms with van der Waals surface area (Å²) in [5, 5.41) is 12.5. The van der Waals surface area contributed by atoms with Crippen LogP contribution in [0.15, 0.2) is 77.2 Å². The summed E-state index contributed by atoms with van der Waals surface area (Å²) >= 11 is 5.93. The van der Waals surface area contributed by atoms with E-state index in [4.69, 9.17) is 20.5 Å². The highest BCUT2D eigenvalue weighted by atomic mass is 35.5. The van der Waals surface area contributed by atoms with Crippen molar-refractivity contribution in [2.75, 3.05) is 12.4 Å². The highest BCUT2D eigenvalue weighted by Gasteiger charge is 2.22. The topological polar surface area (TPSA) is 105 Å². The number of nitrogens with zero attached hydrogens (tertiary/aromatic N) is 1. The van der Waals surface area contributed by atoms with Gasteiger partial charge in [0, 0.05) is 16.3 Å². The van der Waals surface area contributed by atoms with Crippen molar-refractivity contribution >= 4 is 39.4 Å². The zero-order valence-corrected chi connectivity index (χ0v) is 19.3. The number of carbonyl (C=O) groups excluding carboxylic acids is 1. The zero-order valence-electron chi connectivity index (χ0n) is 17.7. The standard InChI is InChI=1S/C24H19ClN2O5S/c1-16-9-11-21(12-10-16)33(29,30)32-23-17(5-3-8-22(23)31-2)13-18(15-26)24(28)27-20-7-4-6-19(25)14-20/h3-14H,1-2H3,(H,27,28)/b18-13+. The van der Waals surface area contributed by atoms with Crippen LogP contribution in [0.1, 0.15) is 11.1 Å². The number of rotatable bonds is 7. The van der Waals surface area contributed by atoms with E-state index in [1.165, 1.54) is 43.5 Å². The first kappa shape index (κ1) is 23.9. The van der Waals surface area contributed by atoms with E-state index in [2.05, 4.69) is 5.32 Å². The van der Waals surface area contributed by atoms with Gasteiger partial charge in [-0.2, -0.15) is 13.7 Å². The third-order valence-electron chi connectivity index (χ3n) is 4.48. The highest BCUT2D eigenvalue weighted by Crippen LogP contribution is 2.35. The number of anilines is 1. The van der Waals surface area contributed by atoms with Crippen LogP contribution in [0.5, 0.6) is 11.5 Å². The molecule has 0 aliphatic heterocycles. The Morgan fingerprint density at radius 2 is 1.79 bits per heavy atom. The summed E-state index contributed by atoms with van der Waals surface area (Å²) in [6, 6.07) is 19.0. The summed E-state index contributed by atoms with van der Waals surface area (Å²) < 4.78 is 36.3. The Hall–Kier alpha value is -3.80. The minimum Gasteiger partial charge on any atom is -0.493 e. The Labute approximate surface area is 197 Å². The summed E-state index contributed by atoms with van der Waals surface area (Å²) in [6.45, 7) is 1.83. The maximum Gasteiger partial charge on any atom is 0.339 e. The SMILES string of the molecule is COc1cccc(/C=C(\C#N)C(=O)Nc2cccc(Cl)c2)c1OS(=O)(=O)c1ccc(C)cc1. The number of methoxy groups -OCH3 is 1. The number of carbonyl (C=O) groups is 1. The Kier molecular flexibility index (Phi) is 7.38. The quantitative estimate of drug-likeness (QED) is 0.289. The predicted octanol–water partition coefficient (Wildman–Crippen LogP) is 4.97. The molecule has 0 spiro atoms. The maximum atomic E-state index is 12.8. The second kappa shape index (κ2) is 10.2. The molecule has 0 saturated heterocycles. The van der Waals surface area contributed by atoms with Crippen molar-refractivity contribution in [2.24, 2.45) is 0 Å². The fourth-order valence-corrected chi connectivity index (χ4v) is 3.98. The van der Waals surface area contributed by atoms with Gasteiger partial charge in [-0.15, -0.1) is 0 Å². The number of aryl methyl sites for hydroxylation is 1. The summed E-state index contributed by atoms with van der Waals surface area (Å²) in [5.41, 5.74) is 1.18. The van der Waals surface area contributed by atoms with Gasteiger partial charge in [0.05, 0.1) is 7.11 Å². The molecule has 0 atom stereocenters. The number of nitrogens with one attached hydrogen (secondary N) is 1. The van der Waals surface area contributed by atoms with E-state index in [-0.39, 0.29) is 27.5 Å². The maximum absolute atomic E-state index is 12.8. The third kappa shape index (κ3) is 5.92. The molecule has 3 rings (SSSR count). The van der Waals surface area contributed by atoms with E-state index >= 15 is 0 Å². The molecule has 0 bridgehead atoms. The fourth-order valence-electron chi connectivity index (χ4n) is 2.83. The monoisotopic (exact) mass is 482 g/mol. The summed E-state index contributed by atoms with van der Waals surface area (Å²) in [4.78, 5) is 12.6. The number of halogens is 1. The van der Waals surface area contributed by atoms with Gasteiger partial charge in [0.25, 0.3) is 5.91 Å². The number of amides is 1. The lowest BCUT2D eigenvalue weighted by molar-refractivity contribution is -0.112. The molecule has 7 nitrogen and oxygen atoms in total. The van der Waals surface area contributed by atoms with Gasteiger partial charge in [-0.25, -0.2) is 0 Å². The Morgan fingerprint density at radius 1 is 1.09 bits per heavy atom. The van der Waals surface area contributed by atoms with E-state index in [0.717, 1.165) is 5.56 Å². The molecular formula is C24H19ClN2O5S. The van der Waals surface area contributed by atoms with Crippen LogP contribution < -0.4 is 14.2 Å². The van der Waals surface area contributed by atoms with Crippen LogP contribution in [0.3, 0.4) is 0 Å². The molecule has 33 heavy (non-hydrogen) atoms. The number of nitriles is 1. The van der Waals surface area contributed by atoms with Crippen molar-refractivity contribution in [3.8, 4) is 17.6 Å². The van der Waals surface area contributed by atoms with Gasteiger partial charge in [0.15, 0.2) is 11.5 Å². The molecule has 168 valence electrons. The van der Waals surface area contributed by atoms with Crippen molar-refractivity contribution in [3.63, 3.8) is 0 Å². The second-order valence-electron chi connectivity index (χ2n) is 6.86.